The smallest absolute Gasteiger partial charge is 0.407 e. The van der Waals surface area contributed by atoms with Crippen LogP contribution in [0.2, 0.25) is 0 Å². The molecule has 15 heteroatoms. The van der Waals surface area contributed by atoms with Crippen molar-refractivity contribution in [2.75, 3.05) is 92.1 Å². The Balaban J connectivity index is 4.80. The summed E-state index contributed by atoms with van der Waals surface area (Å²) >= 11 is 0. The van der Waals surface area contributed by atoms with E-state index in [2.05, 4.69) is 42.8 Å². The van der Waals surface area contributed by atoms with Gasteiger partial charge in [0, 0.05) is 97.7 Å². The molecule has 7 N–H and O–H groups in total. The van der Waals surface area contributed by atoms with E-state index in [0.29, 0.717) is 104 Å². The van der Waals surface area contributed by atoms with Crippen molar-refractivity contribution in [3.63, 3.8) is 0 Å². The molecule has 0 spiro atoms. The summed E-state index contributed by atoms with van der Waals surface area (Å²) in [5.41, 5.74) is 0. The summed E-state index contributed by atoms with van der Waals surface area (Å²) < 4.78 is 5.38. The maximum absolute atomic E-state index is 13.1. The third kappa shape index (κ3) is 58.6. The molecule has 0 rings (SSSR count). The van der Waals surface area contributed by atoms with Crippen LogP contribution in [-0.2, 0) is 14.3 Å². The molecule has 0 aromatic rings. The van der Waals surface area contributed by atoms with Gasteiger partial charge in [-0.05, 0) is 38.5 Å². The molecule has 0 aromatic heterocycles. The van der Waals surface area contributed by atoms with Crippen molar-refractivity contribution in [3.8, 4) is 0 Å². The highest BCUT2D eigenvalue weighted by molar-refractivity contribution is 5.78. The Morgan fingerprint density at radius 2 is 0.593 bits per heavy atom. The predicted octanol–water partition coefficient (Wildman–Crippen LogP) is 14.4. The number of alkyl carbamates (subject to hydrolysis) is 1. The number of hydrogen-bond donors (Lipinski definition) is 7. The minimum absolute atomic E-state index is 0.0534. The van der Waals surface area contributed by atoms with Gasteiger partial charge in [0.1, 0.15) is 18.2 Å². The number of Topliss-reactive ketones (excluding diaryl/α,β-unsaturated/α-hetero) is 2. The molecule has 4 unspecified atom stereocenters. The Kier molecular flexibility index (Phi) is 63.4. The molecule has 0 aromatic carbocycles. The molecule has 1 amide bonds. The van der Waals surface area contributed by atoms with Gasteiger partial charge in [-0.25, -0.2) is 4.79 Å². The van der Waals surface area contributed by atoms with Crippen molar-refractivity contribution in [2.24, 2.45) is 0 Å². The first-order valence-corrected chi connectivity index (χ1v) is 36.7. The summed E-state index contributed by atoms with van der Waals surface area (Å²) in [6.45, 7) is 13.2. The van der Waals surface area contributed by atoms with Crippen LogP contribution in [0.1, 0.15) is 323 Å². The number of carbonyl (C=O) groups excluding carboxylic acids is 3. The van der Waals surface area contributed by atoms with Crippen LogP contribution >= 0.6 is 0 Å². The van der Waals surface area contributed by atoms with E-state index in [1.807, 2.05) is 0 Å². The maximum Gasteiger partial charge on any atom is 0.407 e. The molecule has 0 saturated carbocycles. The standard InChI is InChI=1S/C71H143N5O10/c1-5-9-13-17-21-25-29-33-37-43-67(81)59-75(60-68(82)44-38-34-30-26-22-18-14-10-6-2)54-49-65(79)47-41-52-73(63-77)56-51-72-71(85)86-58-57-74(64-78)53-42-48-66(80)50-55-76(61-69(83)45-39-35-31-27-23-19-15-11-7-3)62-70(84)46-40-36-32-28-24-20-16-12-8-4/h67-70,77-78,81-84H,5-64H2,1-4H3,(H,72,85). The molecule has 0 aliphatic heterocycles. The summed E-state index contributed by atoms with van der Waals surface area (Å²) in [7, 11) is 0. The number of aliphatic hydroxyl groups is 6. The van der Waals surface area contributed by atoms with Gasteiger partial charge in [-0.3, -0.25) is 29.2 Å². The number of hydrogen-bond acceptors (Lipinski definition) is 14. The molecule has 0 fully saturated rings. The first-order chi connectivity index (χ1) is 41.9. The van der Waals surface area contributed by atoms with Gasteiger partial charge >= 0.3 is 6.09 Å². The number of ketones is 2. The molecule has 86 heavy (non-hydrogen) atoms. The van der Waals surface area contributed by atoms with Gasteiger partial charge in [0.25, 0.3) is 0 Å². The number of aliphatic hydroxyl groups excluding tert-OH is 6. The number of nitrogens with one attached hydrogen (secondary N) is 1. The molecule has 0 saturated heterocycles. The molecule has 0 aliphatic rings. The molecule has 15 nitrogen and oxygen atoms in total. The lowest BCUT2D eigenvalue weighted by Gasteiger charge is -2.27. The van der Waals surface area contributed by atoms with Gasteiger partial charge in [0.15, 0.2) is 0 Å². The first-order valence-electron chi connectivity index (χ1n) is 36.7. The van der Waals surface area contributed by atoms with Crippen LogP contribution in [0.4, 0.5) is 4.79 Å². The number of unbranched alkanes of at least 4 members (excludes halogenated alkanes) is 32. The van der Waals surface area contributed by atoms with Crippen molar-refractivity contribution in [1.29, 1.82) is 0 Å². The van der Waals surface area contributed by atoms with Crippen LogP contribution in [0.5, 0.6) is 0 Å². The van der Waals surface area contributed by atoms with Gasteiger partial charge in [-0.15, -0.1) is 0 Å². The van der Waals surface area contributed by atoms with Gasteiger partial charge in [0.05, 0.1) is 37.9 Å². The van der Waals surface area contributed by atoms with Crippen molar-refractivity contribution in [3.05, 3.63) is 0 Å². The van der Waals surface area contributed by atoms with E-state index in [-0.39, 0.29) is 38.2 Å². The number of nitrogens with zero attached hydrogens (tertiary/aromatic N) is 4. The molecular weight excluding hydrogens is 1080 g/mol. The largest absolute Gasteiger partial charge is 0.448 e. The second-order valence-corrected chi connectivity index (χ2v) is 26.0. The molecule has 4 atom stereocenters. The van der Waals surface area contributed by atoms with Crippen LogP contribution in [-0.4, -0.2) is 184 Å². The Labute approximate surface area is 529 Å². The number of ether oxygens (including phenoxy) is 1. The highest BCUT2D eigenvalue weighted by Gasteiger charge is 2.20. The zero-order valence-corrected chi connectivity index (χ0v) is 56.8. The van der Waals surface area contributed by atoms with Crippen molar-refractivity contribution in [1.82, 2.24) is 24.9 Å². The first kappa shape index (κ1) is 84.2. The van der Waals surface area contributed by atoms with Crippen LogP contribution in [0.25, 0.3) is 0 Å². The molecule has 0 radical (unpaired) electrons. The van der Waals surface area contributed by atoms with Gasteiger partial charge in [-0.1, -0.05) is 259 Å². The van der Waals surface area contributed by atoms with Crippen LogP contribution in [0, 0.1) is 0 Å². The lowest BCUT2D eigenvalue weighted by Crippen LogP contribution is -2.39. The second-order valence-electron chi connectivity index (χ2n) is 26.0. The Morgan fingerprint density at radius 3 is 0.872 bits per heavy atom. The SMILES string of the molecule is CCCCCCCCCCCC(O)CN(CCC(=O)CCCN(CO)CCNC(=O)OCCN(CO)CCCC(=O)CCN(CC(O)CCCCCCCCCCC)CC(O)CCCCCCCCCCC)CC(O)CCCCCCCCCCC. The number of rotatable bonds is 70. The van der Waals surface area contributed by atoms with Crippen LogP contribution < -0.4 is 5.32 Å². The van der Waals surface area contributed by atoms with Gasteiger partial charge in [-0.2, -0.15) is 0 Å². The fourth-order valence-electron chi connectivity index (χ4n) is 11.8. The highest BCUT2D eigenvalue weighted by atomic mass is 16.5. The quantitative estimate of drug-likeness (QED) is 0.0224. The Hall–Kier alpha value is -1.79. The van der Waals surface area contributed by atoms with Gasteiger partial charge in [0.2, 0.25) is 0 Å². The molecule has 512 valence electrons. The average Bonchev–Trinajstić information content (AvgIpc) is 3.53. The van der Waals surface area contributed by atoms with Crippen LogP contribution in [0.3, 0.4) is 0 Å². The highest BCUT2D eigenvalue weighted by Crippen LogP contribution is 2.18. The lowest BCUT2D eigenvalue weighted by molar-refractivity contribution is -0.120. The Morgan fingerprint density at radius 1 is 0.326 bits per heavy atom. The van der Waals surface area contributed by atoms with Gasteiger partial charge < -0.3 is 40.7 Å². The monoisotopic (exact) mass is 1230 g/mol. The number of amides is 1. The van der Waals surface area contributed by atoms with Crippen molar-refractivity contribution < 1.29 is 49.8 Å². The lowest BCUT2D eigenvalue weighted by atomic mass is 10.0. The van der Waals surface area contributed by atoms with E-state index in [1.165, 1.54) is 180 Å². The molecular formula is C71H143N5O10. The zero-order chi connectivity index (χ0) is 63.2. The van der Waals surface area contributed by atoms with Crippen molar-refractivity contribution >= 4 is 17.7 Å². The predicted molar refractivity (Wildman–Crippen MR) is 359 cm³/mol. The number of carbonyl (C=O) groups is 3. The van der Waals surface area contributed by atoms with E-state index >= 15 is 0 Å². The third-order valence-electron chi connectivity index (χ3n) is 17.5. The Bertz CT molecular complexity index is 1290. The topological polar surface area (TPSA) is 207 Å². The average molecular weight is 1230 g/mol. The summed E-state index contributed by atoms with van der Waals surface area (Å²) in [5, 5.41) is 66.9. The van der Waals surface area contributed by atoms with Crippen molar-refractivity contribution in [2.45, 2.75) is 347 Å². The van der Waals surface area contributed by atoms with E-state index < -0.39 is 30.5 Å². The fraction of sp³-hybridized carbons (Fsp3) is 0.958. The van der Waals surface area contributed by atoms with E-state index in [1.54, 1.807) is 9.80 Å². The molecule has 0 aliphatic carbocycles. The minimum Gasteiger partial charge on any atom is -0.448 e. The summed E-state index contributed by atoms with van der Waals surface area (Å²) in [6, 6.07) is 0. The summed E-state index contributed by atoms with van der Waals surface area (Å²) in [6.07, 6.45) is 47.1. The minimum atomic E-state index is -0.603. The molecule has 0 bridgehead atoms. The normalized spacial score (nSPS) is 13.4. The maximum atomic E-state index is 13.1. The summed E-state index contributed by atoms with van der Waals surface area (Å²) in [5.74, 6) is 0.216. The third-order valence-corrected chi connectivity index (χ3v) is 17.5. The zero-order valence-electron chi connectivity index (χ0n) is 56.8. The second kappa shape index (κ2) is 64.7. The van der Waals surface area contributed by atoms with E-state index in [4.69, 9.17) is 4.74 Å². The van der Waals surface area contributed by atoms with E-state index in [9.17, 15) is 45.0 Å². The molecule has 0 heterocycles. The summed E-state index contributed by atoms with van der Waals surface area (Å²) in [4.78, 5) is 46.5. The fourth-order valence-corrected chi connectivity index (χ4v) is 11.8. The van der Waals surface area contributed by atoms with E-state index in [0.717, 1.165) is 77.0 Å². The van der Waals surface area contributed by atoms with Crippen LogP contribution in [0.15, 0.2) is 0 Å².